The maximum Gasteiger partial charge on any atom is 0.436 e. The normalized spacial score (nSPS) is 11.4. The smallest absolute Gasteiger partial charge is 0.436 e. The third-order valence-corrected chi connectivity index (χ3v) is 4.31. The Hall–Kier alpha value is -3.15. The predicted molar refractivity (Wildman–Crippen MR) is 91.6 cm³/mol. The molecular formula is C16H11F4N5O2S. The molecule has 0 aliphatic heterocycles. The van der Waals surface area contributed by atoms with Crippen molar-refractivity contribution in [3.63, 3.8) is 0 Å². The minimum Gasteiger partial charge on any atom is -0.472 e. The van der Waals surface area contributed by atoms with E-state index in [9.17, 15) is 22.4 Å². The van der Waals surface area contributed by atoms with Crippen LogP contribution in [0.4, 0.5) is 22.7 Å². The number of hydrogen-bond donors (Lipinski definition) is 1. The molecule has 0 aromatic carbocycles. The van der Waals surface area contributed by atoms with Gasteiger partial charge < -0.3 is 4.74 Å². The number of aromatic nitrogens is 4. The van der Waals surface area contributed by atoms with Crippen molar-refractivity contribution in [1.29, 1.82) is 0 Å². The molecule has 0 atom stereocenters. The Kier molecular flexibility index (Phi) is 5.23. The fourth-order valence-electron chi connectivity index (χ4n) is 2.28. The number of ether oxygens (including phenoxy) is 1. The number of methoxy groups -OCH3 is 1. The summed E-state index contributed by atoms with van der Waals surface area (Å²) in [5.41, 5.74) is -0.989. The van der Waals surface area contributed by atoms with Crippen LogP contribution in [0.2, 0.25) is 0 Å². The minimum atomic E-state index is -4.92. The summed E-state index contributed by atoms with van der Waals surface area (Å²) in [5, 5.41) is 10.2. The average Bonchev–Trinajstić information content (AvgIpc) is 3.08. The van der Waals surface area contributed by atoms with E-state index in [-0.39, 0.29) is 27.0 Å². The van der Waals surface area contributed by atoms with Crippen LogP contribution in [0.25, 0.3) is 11.1 Å². The predicted octanol–water partition coefficient (Wildman–Crippen LogP) is 3.72. The van der Waals surface area contributed by atoms with Gasteiger partial charge in [0.1, 0.15) is 0 Å². The van der Waals surface area contributed by atoms with E-state index in [0.717, 1.165) is 17.5 Å². The van der Waals surface area contributed by atoms with Crippen LogP contribution in [0.3, 0.4) is 0 Å². The fourth-order valence-corrected chi connectivity index (χ4v) is 2.84. The van der Waals surface area contributed by atoms with Gasteiger partial charge in [-0.15, -0.1) is 5.10 Å². The molecule has 0 aliphatic rings. The Morgan fingerprint density at radius 1 is 1.18 bits per heavy atom. The molecule has 0 bridgehead atoms. The lowest BCUT2D eigenvalue weighted by Crippen LogP contribution is -2.14. The number of alkyl halides is 3. The first-order valence-electron chi connectivity index (χ1n) is 7.57. The van der Waals surface area contributed by atoms with Crippen LogP contribution in [-0.2, 0) is 6.18 Å². The van der Waals surface area contributed by atoms with E-state index >= 15 is 0 Å². The molecule has 3 rings (SSSR count). The van der Waals surface area contributed by atoms with Gasteiger partial charge >= 0.3 is 6.18 Å². The number of amides is 1. The third kappa shape index (κ3) is 4.06. The van der Waals surface area contributed by atoms with Gasteiger partial charge in [-0.3, -0.25) is 15.1 Å². The van der Waals surface area contributed by atoms with Crippen LogP contribution >= 0.6 is 11.3 Å². The van der Waals surface area contributed by atoms with Crippen molar-refractivity contribution < 1.29 is 27.1 Å². The highest BCUT2D eigenvalue weighted by atomic mass is 32.1. The summed E-state index contributed by atoms with van der Waals surface area (Å²) in [7, 11) is 1.39. The van der Waals surface area contributed by atoms with Gasteiger partial charge in [0.15, 0.2) is 11.5 Å². The molecule has 12 heteroatoms. The third-order valence-electron chi connectivity index (χ3n) is 3.51. The van der Waals surface area contributed by atoms with E-state index in [1.807, 2.05) is 0 Å². The molecule has 0 aliphatic carbocycles. The van der Waals surface area contributed by atoms with Gasteiger partial charge in [-0.25, -0.2) is 9.37 Å². The van der Waals surface area contributed by atoms with Crippen LogP contribution in [0.5, 0.6) is 5.19 Å². The lowest BCUT2D eigenvalue weighted by molar-refractivity contribution is -0.143. The van der Waals surface area contributed by atoms with Crippen LogP contribution in [0.1, 0.15) is 21.7 Å². The average molecular weight is 413 g/mol. The van der Waals surface area contributed by atoms with Crippen molar-refractivity contribution in [2.75, 3.05) is 12.4 Å². The fraction of sp³-hybridized carbons (Fsp3) is 0.188. The van der Waals surface area contributed by atoms with E-state index in [0.29, 0.717) is 11.8 Å². The molecule has 0 fully saturated rings. The number of hydrogen-bond acceptors (Lipinski definition) is 7. The highest BCUT2D eigenvalue weighted by Gasteiger charge is 2.36. The first-order valence-corrected chi connectivity index (χ1v) is 8.39. The summed E-state index contributed by atoms with van der Waals surface area (Å²) in [4.78, 5) is 19.8. The van der Waals surface area contributed by atoms with Crippen molar-refractivity contribution in [3.05, 3.63) is 47.3 Å². The summed E-state index contributed by atoms with van der Waals surface area (Å²) in [5.74, 6) is -2.19. The zero-order valence-electron chi connectivity index (χ0n) is 14.3. The number of pyridine rings is 2. The topological polar surface area (TPSA) is 89.9 Å². The first kappa shape index (κ1) is 19.6. The number of carbonyl (C=O) groups excluding carboxylic acids is 1. The molecule has 3 heterocycles. The van der Waals surface area contributed by atoms with E-state index in [1.54, 1.807) is 6.92 Å². The number of aryl methyl sites for hydroxylation is 1. The van der Waals surface area contributed by atoms with Crippen LogP contribution in [0.15, 0.2) is 24.5 Å². The molecule has 1 amide bonds. The van der Waals surface area contributed by atoms with E-state index < -0.39 is 23.6 Å². The van der Waals surface area contributed by atoms with Crippen LogP contribution < -0.4 is 10.1 Å². The number of rotatable bonds is 4. The maximum atomic E-state index is 13.9. The number of carbonyl (C=O) groups is 1. The summed E-state index contributed by atoms with van der Waals surface area (Å²) >= 11 is 0.974. The Balaban J connectivity index is 1.99. The maximum absolute atomic E-state index is 13.9. The summed E-state index contributed by atoms with van der Waals surface area (Å²) in [6.45, 7) is 1.62. The highest BCUT2D eigenvalue weighted by molar-refractivity contribution is 7.17. The largest absolute Gasteiger partial charge is 0.472 e. The van der Waals surface area contributed by atoms with Gasteiger partial charge in [0.2, 0.25) is 5.13 Å². The Morgan fingerprint density at radius 2 is 1.93 bits per heavy atom. The summed E-state index contributed by atoms with van der Waals surface area (Å²) < 4.78 is 57.0. The second-order valence-electron chi connectivity index (χ2n) is 5.45. The molecule has 1 N–H and O–H groups in total. The zero-order chi connectivity index (χ0) is 20.5. The van der Waals surface area contributed by atoms with Crippen molar-refractivity contribution in [2.24, 2.45) is 0 Å². The Labute approximate surface area is 159 Å². The molecule has 0 saturated heterocycles. The molecule has 3 aromatic heterocycles. The molecule has 146 valence electrons. The number of halogens is 4. The van der Waals surface area contributed by atoms with Crippen molar-refractivity contribution in [3.8, 4) is 16.3 Å². The quantitative estimate of drug-likeness (QED) is 0.656. The van der Waals surface area contributed by atoms with Crippen molar-refractivity contribution in [2.45, 2.75) is 13.1 Å². The van der Waals surface area contributed by atoms with E-state index in [4.69, 9.17) is 4.74 Å². The Bertz CT molecular complexity index is 1040. The standard InChI is InChI=1S/C16H11F4N5O2S/c1-7-3-9(8-4-11(17)12(22-5-8)16(18,19)20)10(6-21-7)13(26)23-14-24-25-15(27-2)28-14/h3-6H,1-2H3,(H,23,24,26). The van der Waals surface area contributed by atoms with Crippen molar-refractivity contribution in [1.82, 2.24) is 20.2 Å². The second-order valence-corrected chi connectivity index (χ2v) is 6.39. The summed E-state index contributed by atoms with van der Waals surface area (Å²) in [6.07, 6.45) is -2.84. The molecular weight excluding hydrogens is 402 g/mol. The SMILES string of the molecule is COc1nnc(NC(=O)c2cnc(C)cc2-c2cnc(C(F)(F)F)c(F)c2)s1. The van der Waals surface area contributed by atoms with E-state index in [2.05, 4.69) is 25.5 Å². The monoisotopic (exact) mass is 413 g/mol. The molecule has 28 heavy (non-hydrogen) atoms. The lowest BCUT2D eigenvalue weighted by Gasteiger charge is -2.12. The second kappa shape index (κ2) is 7.46. The molecule has 7 nitrogen and oxygen atoms in total. The molecule has 3 aromatic rings. The van der Waals surface area contributed by atoms with Gasteiger partial charge in [0.25, 0.3) is 11.1 Å². The Morgan fingerprint density at radius 3 is 2.54 bits per heavy atom. The molecule has 0 saturated carbocycles. The minimum absolute atomic E-state index is 0.000672. The van der Waals surface area contributed by atoms with E-state index in [1.165, 1.54) is 19.4 Å². The first-order chi connectivity index (χ1) is 13.2. The van der Waals surface area contributed by atoms with Gasteiger partial charge in [-0.2, -0.15) is 13.2 Å². The van der Waals surface area contributed by atoms with Gasteiger partial charge in [-0.1, -0.05) is 5.10 Å². The molecule has 0 unspecified atom stereocenters. The molecule has 0 spiro atoms. The van der Waals surface area contributed by atoms with Gasteiger partial charge in [0, 0.05) is 23.7 Å². The van der Waals surface area contributed by atoms with Crippen LogP contribution in [-0.4, -0.2) is 33.2 Å². The molecule has 0 radical (unpaired) electrons. The number of nitrogens with zero attached hydrogens (tertiary/aromatic N) is 4. The van der Waals surface area contributed by atoms with Gasteiger partial charge in [0.05, 0.1) is 12.7 Å². The number of nitrogens with one attached hydrogen (secondary N) is 1. The lowest BCUT2D eigenvalue weighted by atomic mass is 10.0. The van der Waals surface area contributed by atoms with Gasteiger partial charge in [-0.05, 0) is 36.0 Å². The highest BCUT2D eigenvalue weighted by Crippen LogP contribution is 2.33. The summed E-state index contributed by atoms with van der Waals surface area (Å²) in [6, 6.07) is 2.12. The van der Waals surface area contributed by atoms with Crippen LogP contribution in [0, 0.1) is 12.7 Å². The van der Waals surface area contributed by atoms with Crippen molar-refractivity contribution >= 4 is 22.4 Å². The number of anilines is 1. The zero-order valence-corrected chi connectivity index (χ0v) is 15.2.